The van der Waals surface area contributed by atoms with Gasteiger partial charge >= 0.3 is 0 Å². The van der Waals surface area contributed by atoms with E-state index in [0.29, 0.717) is 13.0 Å². The minimum Gasteiger partial charge on any atom is -0.492 e. The number of halogens is 2. The summed E-state index contributed by atoms with van der Waals surface area (Å²) < 4.78 is 6.64. The van der Waals surface area contributed by atoms with Crippen LogP contribution < -0.4 is 4.74 Å². The van der Waals surface area contributed by atoms with Crippen LogP contribution in [0.25, 0.3) is 0 Å². The number of non-ortho nitro benzene ring substituents is 1. The maximum atomic E-state index is 10.6. The molecule has 110 valence electrons. The molecule has 2 aromatic rings. The summed E-state index contributed by atoms with van der Waals surface area (Å²) in [7, 11) is 0. The van der Waals surface area contributed by atoms with Crippen LogP contribution in [0.15, 0.2) is 46.9 Å². The third kappa shape index (κ3) is 4.54. The monoisotopic (exact) mass is 413 g/mol. The van der Waals surface area contributed by atoms with Crippen LogP contribution in [0, 0.1) is 10.1 Å². The highest BCUT2D eigenvalue weighted by molar-refractivity contribution is 9.10. The van der Waals surface area contributed by atoms with E-state index in [0.717, 1.165) is 21.1 Å². The minimum atomic E-state index is -0.400. The molecule has 2 rings (SSSR count). The van der Waals surface area contributed by atoms with Gasteiger partial charge in [-0.25, -0.2) is 0 Å². The van der Waals surface area contributed by atoms with Crippen molar-refractivity contribution in [2.45, 2.75) is 11.8 Å². The van der Waals surface area contributed by atoms with Gasteiger partial charge in [-0.3, -0.25) is 10.1 Å². The molecule has 0 aromatic heterocycles. The number of rotatable bonds is 6. The molecule has 0 aliphatic carbocycles. The topological polar surface area (TPSA) is 52.4 Å². The van der Waals surface area contributed by atoms with E-state index in [-0.39, 0.29) is 5.69 Å². The Morgan fingerprint density at radius 2 is 1.76 bits per heavy atom. The summed E-state index contributed by atoms with van der Waals surface area (Å²) in [5.41, 5.74) is 2.28. The second-order valence-corrected chi connectivity index (χ2v) is 5.84. The van der Waals surface area contributed by atoms with Crippen molar-refractivity contribution in [3.05, 3.63) is 68.2 Å². The predicted octanol–water partition coefficient (Wildman–Crippen LogP) is 4.87. The maximum absolute atomic E-state index is 10.6. The smallest absolute Gasteiger partial charge is 0.269 e. The first kappa shape index (κ1) is 16.0. The normalized spacial score (nSPS) is 10.4. The van der Waals surface area contributed by atoms with Gasteiger partial charge in [0.15, 0.2) is 0 Å². The maximum Gasteiger partial charge on any atom is 0.269 e. The lowest BCUT2D eigenvalue weighted by Gasteiger charge is -2.09. The lowest BCUT2D eigenvalue weighted by atomic mass is 10.1. The second kappa shape index (κ2) is 7.56. The molecule has 0 atom stereocenters. The molecular weight excluding hydrogens is 402 g/mol. The van der Waals surface area contributed by atoms with Crippen LogP contribution in [-0.4, -0.2) is 11.5 Å². The number of nitro benzene ring substituents is 1. The average Bonchev–Trinajstić information content (AvgIpc) is 2.49. The van der Waals surface area contributed by atoms with Gasteiger partial charge in [-0.15, -0.1) is 0 Å². The van der Waals surface area contributed by atoms with Crippen LogP contribution in [0.5, 0.6) is 5.75 Å². The van der Waals surface area contributed by atoms with Gasteiger partial charge < -0.3 is 4.74 Å². The van der Waals surface area contributed by atoms with E-state index in [1.54, 1.807) is 12.1 Å². The summed E-state index contributed by atoms with van der Waals surface area (Å²) in [5, 5.41) is 11.4. The summed E-state index contributed by atoms with van der Waals surface area (Å²) >= 11 is 6.88. The Kier molecular flexibility index (Phi) is 5.76. The molecule has 0 saturated heterocycles. The van der Waals surface area contributed by atoms with Crippen molar-refractivity contribution in [1.82, 2.24) is 0 Å². The minimum absolute atomic E-state index is 0.104. The number of hydrogen-bond acceptors (Lipinski definition) is 3. The van der Waals surface area contributed by atoms with E-state index < -0.39 is 4.92 Å². The zero-order valence-electron chi connectivity index (χ0n) is 11.1. The van der Waals surface area contributed by atoms with E-state index >= 15 is 0 Å². The molecule has 0 heterocycles. The Morgan fingerprint density at radius 3 is 2.33 bits per heavy atom. The second-order valence-electron chi connectivity index (χ2n) is 4.42. The van der Waals surface area contributed by atoms with Crippen molar-refractivity contribution in [3.8, 4) is 5.75 Å². The molecule has 0 saturated carbocycles. The van der Waals surface area contributed by atoms with Crippen molar-refractivity contribution < 1.29 is 9.66 Å². The first-order chi connectivity index (χ1) is 10.1. The summed E-state index contributed by atoms with van der Waals surface area (Å²) in [6.07, 6.45) is 0.699. The van der Waals surface area contributed by atoms with E-state index in [4.69, 9.17) is 4.74 Å². The first-order valence-electron chi connectivity index (χ1n) is 6.30. The fourth-order valence-electron chi connectivity index (χ4n) is 1.81. The van der Waals surface area contributed by atoms with Gasteiger partial charge in [0.05, 0.1) is 16.0 Å². The van der Waals surface area contributed by atoms with Crippen LogP contribution in [0.2, 0.25) is 0 Å². The van der Waals surface area contributed by atoms with Gasteiger partial charge in [0.25, 0.3) is 5.69 Å². The third-order valence-corrected chi connectivity index (χ3v) is 4.21. The molecule has 0 N–H and O–H groups in total. The Hall–Kier alpha value is -1.40. The third-order valence-electron chi connectivity index (χ3n) is 2.95. The van der Waals surface area contributed by atoms with Crippen LogP contribution in [0.3, 0.4) is 0 Å². The van der Waals surface area contributed by atoms with Gasteiger partial charge in [-0.2, -0.15) is 0 Å². The zero-order valence-corrected chi connectivity index (χ0v) is 14.3. The van der Waals surface area contributed by atoms with Gasteiger partial charge in [0.2, 0.25) is 0 Å². The van der Waals surface area contributed by atoms with Crippen LogP contribution in [-0.2, 0) is 11.8 Å². The molecule has 0 fully saturated rings. The molecule has 0 amide bonds. The molecule has 0 aliphatic heterocycles. The highest BCUT2D eigenvalue weighted by Crippen LogP contribution is 2.27. The van der Waals surface area contributed by atoms with E-state index in [9.17, 15) is 10.1 Å². The van der Waals surface area contributed by atoms with Crippen molar-refractivity contribution in [1.29, 1.82) is 0 Å². The Balaban J connectivity index is 1.90. The van der Waals surface area contributed by atoms with E-state index in [1.807, 2.05) is 18.2 Å². The number of benzene rings is 2. The Bertz CT molecular complexity index is 629. The van der Waals surface area contributed by atoms with Crippen LogP contribution in [0.1, 0.15) is 11.1 Å². The largest absolute Gasteiger partial charge is 0.492 e. The van der Waals surface area contributed by atoms with Gasteiger partial charge in [0, 0.05) is 23.9 Å². The lowest BCUT2D eigenvalue weighted by Crippen LogP contribution is -2.02. The number of alkyl halides is 1. The number of nitrogens with zero attached hydrogens (tertiary/aromatic N) is 1. The summed E-state index contributed by atoms with van der Waals surface area (Å²) in [6.45, 7) is 0.518. The highest BCUT2D eigenvalue weighted by Gasteiger charge is 2.05. The fourth-order valence-corrected chi connectivity index (χ4v) is 2.70. The van der Waals surface area contributed by atoms with E-state index in [1.165, 1.54) is 17.7 Å². The number of ether oxygens (including phenoxy) is 1. The molecule has 0 aliphatic rings. The Labute approximate surface area is 139 Å². The molecule has 6 heteroatoms. The average molecular weight is 415 g/mol. The standard InChI is InChI=1S/C15H13Br2NO3/c16-10-12-3-6-15(14(17)9-12)21-8-7-11-1-4-13(5-2-11)18(19)20/h1-6,9H,7-8,10H2. The molecule has 0 radical (unpaired) electrons. The highest BCUT2D eigenvalue weighted by atomic mass is 79.9. The summed E-state index contributed by atoms with van der Waals surface area (Å²) in [4.78, 5) is 10.2. The molecule has 0 bridgehead atoms. The summed E-state index contributed by atoms with van der Waals surface area (Å²) in [5.74, 6) is 0.793. The lowest BCUT2D eigenvalue weighted by molar-refractivity contribution is -0.384. The molecular formula is C15H13Br2NO3. The first-order valence-corrected chi connectivity index (χ1v) is 8.22. The zero-order chi connectivity index (χ0) is 15.2. The molecule has 2 aromatic carbocycles. The SMILES string of the molecule is O=[N+]([O-])c1ccc(CCOc2ccc(CBr)cc2Br)cc1. The van der Waals surface area contributed by atoms with Crippen LogP contribution >= 0.6 is 31.9 Å². The Morgan fingerprint density at radius 1 is 1.10 bits per heavy atom. The quantitative estimate of drug-likeness (QED) is 0.384. The van der Waals surface area contributed by atoms with Crippen molar-refractivity contribution in [3.63, 3.8) is 0 Å². The molecule has 0 spiro atoms. The van der Waals surface area contributed by atoms with E-state index in [2.05, 4.69) is 31.9 Å². The van der Waals surface area contributed by atoms with Gasteiger partial charge in [0.1, 0.15) is 5.75 Å². The predicted molar refractivity (Wildman–Crippen MR) is 89.1 cm³/mol. The van der Waals surface area contributed by atoms with Crippen LogP contribution in [0.4, 0.5) is 5.69 Å². The molecule has 0 unspecified atom stereocenters. The summed E-state index contributed by atoms with van der Waals surface area (Å²) in [6, 6.07) is 12.5. The number of nitro groups is 1. The molecule has 21 heavy (non-hydrogen) atoms. The van der Waals surface area contributed by atoms with Crippen molar-refractivity contribution in [2.75, 3.05) is 6.61 Å². The van der Waals surface area contributed by atoms with Crippen molar-refractivity contribution >= 4 is 37.5 Å². The van der Waals surface area contributed by atoms with Crippen molar-refractivity contribution in [2.24, 2.45) is 0 Å². The number of hydrogen-bond donors (Lipinski definition) is 0. The van der Waals surface area contributed by atoms with Gasteiger partial charge in [-0.05, 0) is 39.2 Å². The molecule has 4 nitrogen and oxygen atoms in total. The fraction of sp³-hybridized carbons (Fsp3) is 0.200. The van der Waals surface area contributed by atoms with Gasteiger partial charge in [-0.1, -0.05) is 34.1 Å².